The number of methoxy groups -OCH3 is 1. The first-order valence-corrected chi connectivity index (χ1v) is 8.04. The zero-order valence-corrected chi connectivity index (χ0v) is 14.0. The molecule has 0 bridgehead atoms. The minimum atomic E-state index is -5.06. The lowest BCUT2D eigenvalue weighted by Crippen LogP contribution is -2.55. The van der Waals surface area contributed by atoms with Gasteiger partial charge in [0.25, 0.3) is 5.72 Å². The predicted octanol–water partition coefficient (Wildman–Crippen LogP) is 2.72. The molecule has 0 spiro atoms. The summed E-state index contributed by atoms with van der Waals surface area (Å²) in [6.45, 7) is 0. The Labute approximate surface area is 149 Å². The van der Waals surface area contributed by atoms with Gasteiger partial charge >= 0.3 is 12.1 Å². The van der Waals surface area contributed by atoms with E-state index in [0.717, 1.165) is 5.38 Å². The molecule has 3 rings (SSSR count). The summed E-state index contributed by atoms with van der Waals surface area (Å²) in [5.41, 5.74) is -3.56. The molecule has 2 N–H and O–H groups in total. The number of aromatic nitrogens is 1. The van der Waals surface area contributed by atoms with Gasteiger partial charge in [0.05, 0.1) is 19.2 Å². The highest BCUT2D eigenvalue weighted by Crippen LogP contribution is 2.45. The van der Waals surface area contributed by atoms with Gasteiger partial charge in [-0.25, -0.2) is 9.78 Å². The molecule has 0 aliphatic carbocycles. The van der Waals surface area contributed by atoms with Crippen molar-refractivity contribution >= 4 is 28.1 Å². The molecule has 2 heterocycles. The number of hydrogen-bond donors (Lipinski definition) is 2. The third kappa shape index (κ3) is 2.88. The van der Waals surface area contributed by atoms with Gasteiger partial charge in [-0.05, 0) is 12.1 Å². The molecule has 1 aliphatic rings. The number of ether oxygens (including phenoxy) is 1. The Balaban J connectivity index is 2.10. The smallest absolute Gasteiger partial charge is 0.438 e. The van der Waals surface area contributed by atoms with Crippen LogP contribution in [0.4, 0.5) is 18.3 Å². The Kier molecular flexibility index (Phi) is 4.36. The van der Waals surface area contributed by atoms with E-state index in [-0.39, 0.29) is 16.4 Å². The first-order chi connectivity index (χ1) is 12.2. The van der Waals surface area contributed by atoms with Gasteiger partial charge < -0.3 is 14.9 Å². The molecule has 1 aromatic heterocycles. The molecular weight excluding hydrogens is 375 g/mol. The molecule has 1 aromatic carbocycles. The van der Waals surface area contributed by atoms with E-state index in [9.17, 15) is 23.1 Å². The lowest BCUT2D eigenvalue weighted by molar-refractivity contribution is -0.254. The fourth-order valence-corrected chi connectivity index (χ4v) is 3.27. The number of halogens is 3. The molecule has 0 saturated heterocycles. The van der Waals surface area contributed by atoms with E-state index in [1.54, 1.807) is 18.2 Å². The molecule has 0 fully saturated rings. The Morgan fingerprint density at radius 2 is 2.08 bits per heavy atom. The number of para-hydroxylation sites is 1. The van der Waals surface area contributed by atoms with E-state index in [0.29, 0.717) is 22.1 Å². The van der Waals surface area contributed by atoms with Crippen molar-refractivity contribution < 1.29 is 32.9 Å². The zero-order valence-electron chi connectivity index (χ0n) is 13.2. The third-order valence-electron chi connectivity index (χ3n) is 3.75. The number of thiazole rings is 1. The highest BCUT2D eigenvalue weighted by molar-refractivity contribution is 7.14. The van der Waals surface area contributed by atoms with E-state index in [1.165, 1.54) is 13.2 Å². The van der Waals surface area contributed by atoms with Gasteiger partial charge in [-0.15, -0.1) is 11.3 Å². The highest BCUT2D eigenvalue weighted by Gasteiger charge is 2.62. The van der Waals surface area contributed by atoms with Crippen LogP contribution in [0.3, 0.4) is 0 Å². The molecule has 1 unspecified atom stereocenters. The maximum absolute atomic E-state index is 13.6. The van der Waals surface area contributed by atoms with Crippen molar-refractivity contribution in [3.8, 4) is 5.75 Å². The number of carboxylic acids is 1. The van der Waals surface area contributed by atoms with Crippen LogP contribution < -0.4 is 9.75 Å². The Morgan fingerprint density at radius 3 is 2.65 bits per heavy atom. The minimum absolute atomic E-state index is 0.0608. The number of carbonyl (C=O) groups is 1. The molecule has 138 valence electrons. The number of benzene rings is 1. The molecular formula is C15H12F3N3O4S. The molecule has 2 aromatic rings. The van der Waals surface area contributed by atoms with Crippen LogP contribution in [0.1, 0.15) is 22.5 Å². The number of hydrogen-bond acceptors (Lipinski definition) is 7. The van der Waals surface area contributed by atoms with Crippen molar-refractivity contribution in [3.63, 3.8) is 0 Å². The van der Waals surface area contributed by atoms with Crippen LogP contribution in [0.2, 0.25) is 0 Å². The van der Waals surface area contributed by atoms with Crippen LogP contribution in [-0.2, 0) is 0 Å². The summed E-state index contributed by atoms with van der Waals surface area (Å²) in [7, 11) is 1.36. The summed E-state index contributed by atoms with van der Waals surface area (Å²) in [6, 6.07) is 6.31. The second-order valence-electron chi connectivity index (χ2n) is 5.37. The SMILES string of the molecule is COc1ccccc1C1=NN(c2nc(C(=O)O)cs2)C(O)(C(F)(F)F)C1. The quantitative estimate of drug-likeness (QED) is 0.838. The van der Waals surface area contributed by atoms with E-state index in [4.69, 9.17) is 9.84 Å². The van der Waals surface area contributed by atoms with Gasteiger partial charge in [-0.2, -0.15) is 23.3 Å². The zero-order chi connectivity index (χ0) is 19.1. The first-order valence-electron chi connectivity index (χ1n) is 7.16. The molecule has 0 amide bonds. The third-order valence-corrected chi connectivity index (χ3v) is 4.57. The average molecular weight is 387 g/mol. The standard InChI is InChI=1S/C15H12F3N3O4S/c1-25-11-5-3-2-4-8(11)9-6-14(24,15(16,17)18)21(20-9)13-19-10(7-26-13)12(22)23/h2-5,7,24H,6H2,1H3,(H,22,23). The van der Waals surface area contributed by atoms with E-state index < -0.39 is 30.0 Å². The van der Waals surface area contributed by atoms with Crippen LogP contribution in [0.25, 0.3) is 0 Å². The number of hydrazone groups is 1. The van der Waals surface area contributed by atoms with Gasteiger partial charge in [-0.1, -0.05) is 12.1 Å². The van der Waals surface area contributed by atoms with Gasteiger partial charge in [0.1, 0.15) is 5.75 Å². The second kappa shape index (κ2) is 6.25. The molecule has 26 heavy (non-hydrogen) atoms. The second-order valence-corrected chi connectivity index (χ2v) is 6.21. The van der Waals surface area contributed by atoms with Crippen LogP contribution in [-0.4, -0.2) is 45.9 Å². The van der Waals surface area contributed by atoms with Crippen LogP contribution in [0, 0.1) is 0 Å². The number of carboxylic acid groups (broad SMARTS) is 1. The fraction of sp³-hybridized carbons (Fsp3) is 0.267. The molecule has 1 aliphatic heterocycles. The first kappa shape index (κ1) is 18.1. The molecule has 7 nitrogen and oxygen atoms in total. The summed E-state index contributed by atoms with van der Waals surface area (Å²) in [5.74, 6) is -1.10. The van der Waals surface area contributed by atoms with Gasteiger partial charge in [0, 0.05) is 10.9 Å². The summed E-state index contributed by atoms with van der Waals surface area (Å²) in [4.78, 5) is 14.6. The van der Waals surface area contributed by atoms with E-state index in [2.05, 4.69) is 10.1 Å². The predicted molar refractivity (Wildman–Crippen MR) is 86.7 cm³/mol. The van der Waals surface area contributed by atoms with Crippen molar-refractivity contribution in [1.82, 2.24) is 4.98 Å². The van der Waals surface area contributed by atoms with Crippen LogP contribution in [0.15, 0.2) is 34.7 Å². The Hall–Kier alpha value is -2.66. The summed E-state index contributed by atoms with van der Waals surface area (Å²) >= 11 is 0.636. The summed E-state index contributed by atoms with van der Waals surface area (Å²) < 4.78 is 45.9. The topological polar surface area (TPSA) is 95.2 Å². The summed E-state index contributed by atoms with van der Waals surface area (Å²) in [5, 5.41) is 24.2. The van der Waals surface area contributed by atoms with Gasteiger partial charge in [0.2, 0.25) is 5.13 Å². The maximum Gasteiger partial charge on any atom is 0.438 e. The largest absolute Gasteiger partial charge is 0.496 e. The van der Waals surface area contributed by atoms with Gasteiger partial charge in [-0.3, -0.25) is 0 Å². The maximum atomic E-state index is 13.6. The lowest BCUT2D eigenvalue weighted by Gasteiger charge is -2.32. The summed E-state index contributed by atoms with van der Waals surface area (Å²) in [6.07, 6.45) is -5.92. The van der Waals surface area contributed by atoms with Crippen LogP contribution >= 0.6 is 11.3 Å². The molecule has 11 heteroatoms. The van der Waals surface area contributed by atoms with E-state index in [1.807, 2.05) is 0 Å². The minimum Gasteiger partial charge on any atom is -0.496 e. The van der Waals surface area contributed by atoms with Crippen molar-refractivity contribution in [2.75, 3.05) is 12.1 Å². The fourth-order valence-electron chi connectivity index (χ4n) is 2.46. The number of alkyl halides is 3. The number of nitrogens with zero attached hydrogens (tertiary/aromatic N) is 3. The highest BCUT2D eigenvalue weighted by atomic mass is 32.1. The van der Waals surface area contributed by atoms with Crippen molar-refractivity contribution in [2.24, 2.45) is 5.10 Å². The molecule has 0 saturated carbocycles. The number of aliphatic hydroxyl groups is 1. The van der Waals surface area contributed by atoms with Crippen molar-refractivity contribution in [1.29, 1.82) is 0 Å². The van der Waals surface area contributed by atoms with Crippen molar-refractivity contribution in [2.45, 2.75) is 18.3 Å². The average Bonchev–Trinajstić information content (AvgIpc) is 3.19. The van der Waals surface area contributed by atoms with Gasteiger partial charge in [0.15, 0.2) is 5.69 Å². The number of rotatable bonds is 4. The van der Waals surface area contributed by atoms with Crippen LogP contribution in [0.5, 0.6) is 5.75 Å². The Morgan fingerprint density at radius 1 is 1.38 bits per heavy atom. The molecule has 0 radical (unpaired) electrons. The number of aromatic carboxylic acids is 1. The lowest BCUT2D eigenvalue weighted by atomic mass is 10.0. The number of anilines is 1. The normalized spacial score (nSPS) is 20.2. The van der Waals surface area contributed by atoms with Crippen molar-refractivity contribution in [3.05, 3.63) is 40.9 Å². The Bertz CT molecular complexity index is 883. The molecule has 1 atom stereocenters. The monoisotopic (exact) mass is 387 g/mol. The van der Waals surface area contributed by atoms with E-state index >= 15 is 0 Å².